The van der Waals surface area contributed by atoms with E-state index >= 15 is 0 Å². The van der Waals surface area contributed by atoms with E-state index in [2.05, 4.69) is 0 Å². The molecular formula is C9H10ClF2NO. The Morgan fingerprint density at radius 1 is 1.43 bits per heavy atom. The van der Waals surface area contributed by atoms with E-state index < -0.39 is 23.7 Å². The highest BCUT2D eigenvalue weighted by Gasteiger charge is 2.33. The van der Waals surface area contributed by atoms with Gasteiger partial charge in [0.2, 0.25) is 0 Å². The Morgan fingerprint density at radius 3 is 2.57 bits per heavy atom. The third kappa shape index (κ3) is 2.33. The van der Waals surface area contributed by atoms with Crippen LogP contribution in [0.2, 0.25) is 5.02 Å². The summed E-state index contributed by atoms with van der Waals surface area (Å²) in [5, 5.41) is 9.47. The Labute approximate surface area is 85.3 Å². The van der Waals surface area contributed by atoms with Crippen molar-refractivity contribution in [3.63, 3.8) is 0 Å². The molecule has 0 atom stereocenters. The summed E-state index contributed by atoms with van der Waals surface area (Å²) in [5.74, 6) is -3.61. The van der Waals surface area contributed by atoms with E-state index in [1.807, 2.05) is 0 Å². The molecule has 0 saturated carbocycles. The normalized spacial score (nSPS) is 11.7. The molecule has 0 aromatic heterocycles. The molecule has 2 nitrogen and oxygen atoms in total. The van der Waals surface area contributed by atoms with Crippen molar-refractivity contribution < 1.29 is 13.9 Å². The van der Waals surface area contributed by atoms with Crippen molar-refractivity contribution in [3.05, 3.63) is 28.8 Å². The first-order chi connectivity index (χ1) is 6.47. The van der Waals surface area contributed by atoms with Crippen LogP contribution in [0.25, 0.3) is 0 Å². The van der Waals surface area contributed by atoms with Crippen LogP contribution in [0.4, 0.5) is 8.78 Å². The summed E-state index contributed by atoms with van der Waals surface area (Å²) >= 11 is 5.51. The maximum absolute atomic E-state index is 13.3. The van der Waals surface area contributed by atoms with Crippen molar-refractivity contribution in [1.29, 1.82) is 0 Å². The highest BCUT2D eigenvalue weighted by Crippen LogP contribution is 2.37. The quantitative estimate of drug-likeness (QED) is 0.824. The first-order valence-electron chi connectivity index (χ1n) is 4.04. The van der Waals surface area contributed by atoms with Crippen molar-refractivity contribution in [3.8, 4) is 5.75 Å². The lowest BCUT2D eigenvalue weighted by atomic mass is 10.0. The largest absolute Gasteiger partial charge is 0.507 e. The molecule has 3 N–H and O–H groups in total. The van der Waals surface area contributed by atoms with Crippen LogP contribution in [0.3, 0.4) is 0 Å². The summed E-state index contributed by atoms with van der Waals surface area (Å²) < 4.78 is 26.5. The van der Waals surface area contributed by atoms with Gasteiger partial charge in [-0.05, 0) is 24.7 Å². The van der Waals surface area contributed by atoms with Gasteiger partial charge < -0.3 is 10.8 Å². The van der Waals surface area contributed by atoms with E-state index in [4.69, 9.17) is 17.3 Å². The number of rotatable bonds is 3. The molecule has 0 saturated heterocycles. The van der Waals surface area contributed by atoms with E-state index in [9.17, 15) is 13.9 Å². The summed E-state index contributed by atoms with van der Waals surface area (Å²) in [6.45, 7) is -0.144. The Kier molecular flexibility index (Phi) is 3.29. The first-order valence-corrected chi connectivity index (χ1v) is 4.42. The standard InChI is InChI=1S/C9H10ClF2NO/c10-6-1-2-7(8(14)5-6)9(11,12)3-4-13/h1-2,5,14H,3-4,13H2. The second kappa shape index (κ2) is 4.11. The average Bonchev–Trinajstić information content (AvgIpc) is 2.02. The first kappa shape index (κ1) is 11.2. The second-order valence-corrected chi connectivity index (χ2v) is 3.34. The minimum atomic E-state index is -3.11. The van der Waals surface area contributed by atoms with Crippen LogP contribution in [0.1, 0.15) is 12.0 Å². The summed E-state index contributed by atoms with van der Waals surface area (Å²) in [6, 6.07) is 3.50. The van der Waals surface area contributed by atoms with E-state index in [-0.39, 0.29) is 11.6 Å². The molecule has 0 radical (unpaired) electrons. The Morgan fingerprint density at radius 2 is 2.07 bits per heavy atom. The van der Waals surface area contributed by atoms with Gasteiger partial charge in [0.25, 0.3) is 5.92 Å². The zero-order valence-electron chi connectivity index (χ0n) is 7.30. The smallest absolute Gasteiger partial charge is 0.278 e. The predicted octanol–water partition coefficient (Wildman–Crippen LogP) is 2.49. The number of alkyl halides is 2. The van der Waals surface area contributed by atoms with Gasteiger partial charge in [0.05, 0.1) is 5.56 Å². The molecular weight excluding hydrogens is 212 g/mol. The third-order valence-corrected chi connectivity index (χ3v) is 2.05. The number of benzene rings is 1. The molecule has 0 spiro atoms. The topological polar surface area (TPSA) is 46.2 Å². The number of nitrogens with two attached hydrogens (primary N) is 1. The SMILES string of the molecule is NCCC(F)(F)c1ccc(Cl)cc1O. The van der Waals surface area contributed by atoms with Crippen LogP contribution in [0.15, 0.2) is 18.2 Å². The summed E-state index contributed by atoms with van der Waals surface area (Å²) in [5.41, 5.74) is 4.61. The van der Waals surface area contributed by atoms with E-state index in [1.165, 1.54) is 6.07 Å². The van der Waals surface area contributed by atoms with Crippen LogP contribution in [0, 0.1) is 0 Å². The summed E-state index contributed by atoms with van der Waals surface area (Å²) in [7, 11) is 0. The molecule has 0 aliphatic heterocycles. The predicted molar refractivity (Wildman–Crippen MR) is 50.7 cm³/mol. The molecule has 1 aromatic rings. The van der Waals surface area contributed by atoms with Crippen molar-refractivity contribution in [2.75, 3.05) is 6.54 Å². The van der Waals surface area contributed by atoms with Gasteiger partial charge in [-0.3, -0.25) is 0 Å². The summed E-state index contributed by atoms with van der Waals surface area (Å²) in [6.07, 6.45) is -0.498. The van der Waals surface area contributed by atoms with Gasteiger partial charge >= 0.3 is 0 Å². The Hall–Kier alpha value is -0.870. The van der Waals surface area contributed by atoms with E-state index in [1.54, 1.807) is 0 Å². The fourth-order valence-corrected chi connectivity index (χ4v) is 1.30. The monoisotopic (exact) mass is 221 g/mol. The molecule has 1 rings (SSSR count). The van der Waals surface area contributed by atoms with Crippen LogP contribution < -0.4 is 5.73 Å². The van der Waals surface area contributed by atoms with Crippen molar-refractivity contribution in [2.45, 2.75) is 12.3 Å². The molecule has 78 valence electrons. The van der Waals surface area contributed by atoms with Crippen molar-refractivity contribution in [1.82, 2.24) is 0 Å². The van der Waals surface area contributed by atoms with E-state index in [0.717, 1.165) is 12.1 Å². The molecule has 0 aliphatic rings. The van der Waals surface area contributed by atoms with Gasteiger partial charge in [0, 0.05) is 11.4 Å². The molecule has 1 aromatic carbocycles. The lowest BCUT2D eigenvalue weighted by Gasteiger charge is -2.16. The van der Waals surface area contributed by atoms with Gasteiger partial charge in [-0.25, -0.2) is 8.78 Å². The van der Waals surface area contributed by atoms with Crippen LogP contribution >= 0.6 is 11.6 Å². The lowest BCUT2D eigenvalue weighted by Crippen LogP contribution is -2.18. The Balaban J connectivity index is 3.06. The number of phenols is 1. The lowest BCUT2D eigenvalue weighted by molar-refractivity contribution is -0.0127. The third-order valence-electron chi connectivity index (χ3n) is 1.81. The van der Waals surface area contributed by atoms with Gasteiger partial charge in [-0.2, -0.15) is 0 Å². The highest BCUT2D eigenvalue weighted by molar-refractivity contribution is 6.30. The number of hydrogen-bond acceptors (Lipinski definition) is 2. The molecule has 0 unspecified atom stereocenters. The van der Waals surface area contributed by atoms with Crippen molar-refractivity contribution >= 4 is 11.6 Å². The second-order valence-electron chi connectivity index (χ2n) is 2.90. The fourth-order valence-electron chi connectivity index (χ4n) is 1.13. The average molecular weight is 222 g/mol. The minimum absolute atomic E-state index is 0.144. The zero-order chi connectivity index (χ0) is 10.8. The number of halogens is 3. The van der Waals surface area contributed by atoms with Gasteiger partial charge in [0.15, 0.2) is 0 Å². The maximum Gasteiger partial charge on any atom is 0.278 e. The fraction of sp³-hybridized carbons (Fsp3) is 0.333. The van der Waals surface area contributed by atoms with Gasteiger partial charge in [-0.15, -0.1) is 0 Å². The molecule has 5 heteroatoms. The van der Waals surface area contributed by atoms with Crippen LogP contribution in [0.5, 0.6) is 5.75 Å². The van der Waals surface area contributed by atoms with Crippen molar-refractivity contribution in [2.24, 2.45) is 5.73 Å². The Bertz CT molecular complexity index is 331. The number of aromatic hydroxyl groups is 1. The van der Waals surface area contributed by atoms with Gasteiger partial charge in [0.1, 0.15) is 5.75 Å². The highest BCUT2D eigenvalue weighted by atomic mass is 35.5. The van der Waals surface area contributed by atoms with Gasteiger partial charge in [-0.1, -0.05) is 11.6 Å². The molecule has 0 heterocycles. The minimum Gasteiger partial charge on any atom is -0.507 e. The molecule has 0 amide bonds. The van der Waals surface area contributed by atoms with Crippen LogP contribution in [-0.4, -0.2) is 11.7 Å². The molecule has 0 fully saturated rings. The molecule has 0 bridgehead atoms. The maximum atomic E-state index is 13.3. The molecule has 14 heavy (non-hydrogen) atoms. The number of hydrogen-bond donors (Lipinski definition) is 2. The van der Waals surface area contributed by atoms with E-state index in [0.29, 0.717) is 0 Å². The van der Waals surface area contributed by atoms with Crippen LogP contribution in [-0.2, 0) is 5.92 Å². The summed E-state index contributed by atoms with van der Waals surface area (Å²) in [4.78, 5) is 0. The molecule has 0 aliphatic carbocycles. The zero-order valence-corrected chi connectivity index (χ0v) is 8.06. The number of phenolic OH excluding ortho intramolecular Hbond substituents is 1.